The van der Waals surface area contributed by atoms with Gasteiger partial charge in [0.15, 0.2) is 0 Å². The fraction of sp³-hybridized carbons (Fsp3) is 0.400. The zero-order chi connectivity index (χ0) is 27.6. The molecule has 2 amide bonds. The summed E-state index contributed by atoms with van der Waals surface area (Å²) in [6, 6.07) is 11.3. The van der Waals surface area contributed by atoms with Crippen molar-refractivity contribution in [3.8, 4) is 0 Å². The van der Waals surface area contributed by atoms with Crippen LogP contribution < -0.4 is 16.4 Å². The van der Waals surface area contributed by atoms with Gasteiger partial charge in [-0.15, -0.1) is 10.6 Å². The van der Waals surface area contributed by atoms with Gasteiger partial charge in [0.2, 0.25) is 17.6 Å². The number of hydrogen-bond acceptors (Lipinski definition) is 6. The number of amides is 2. The van der Waals surface area contributed by atoms with Crippen LogP contribution in [0.2, 0.25) is 0 Å². The Morgan fingerprint density at radius 3 is 2.47 bits per heavy atom. The topological polar surface area (TPSA) is 89.1 Å². The third-order valence-corrected chi connectivity index (χ3v) is 6.42. The standard InChI is InChI=1S/C25H27F5N6O2/c1-14(2)18-9-8-16(10-19(18)27)22(15-6-4-3-5-7-15)31-23(38)20-11-17(26)12-35(20)21(37)13-36-24(25(28,29)30)32-33-34-36/h3-10,14,17,20,22,33-34H,11-13H2,1-2H3,(H,31,38)/t17-,20+,22+/m1/s1. The molecule has 2 aromatic rings. The van der Waals surface area contributed by atoms with E-state index in [2.05, 4.69) is 16.0 Å². The second kappa shape index (κ2) is 10.9. The zero-order valence-corrected chi connectivity index (χ0v) is 20.6. The second-order valence-corrected chi connectivity index (χ2v) is 9.43. The number of amidine groups is 1. The molecule has 0 aromatic heterocycles. The number of hydrazone groups is 1. The van der Waals surface area contributed by atoms with Gasteiger partial charge in [-0.2, -0.15) is 13.2 Å². The molecule has 1 saturated heterocycles. The van der Waals surface area contributed by atoms with Crippen LogP contribution in [0.3, 0.4) is 0 Å². The average molecular weight is 539 g/mol. The van der Waals surface area contributed by atoms with Crippen LogP contribution in [0.4, 0.5) is 22.0 Å². The summed E-state index contributed by atoms with van der Waals surface area (Å²) in [6.07, 6.45) is -6.72. The summed E-state index contributed by atoms with van der Waals surface area (Å²) in [5, 5.41) is 6.30. The first-order valence-electron chi connectivity index (χ1n) is 12.0. The minimum Gasteiger partial charge on any atom is -0.343 e. The van der Waals surface area contributed by atoms with Crippen molar-refractivity contribution >= 4 is 17.6 Å². The smallest absolute Gasteiger partial charge is 0.343 e. The number of rotatable bonds is 7. The van der Waals surface area contributed by atoms with Gasteiger partial charge in [-0.25, -0.2) is 14.3 Å². The molecule has 4 rings (SSSR count). The van der Waals surface area contributed by atoms with Gasteiger partial charge < -0.3 is 10.2 Å². The molecular weight excluding hydrogens is 511 g/mol. The SMILES string of the molecule is CC(C)c1ccc([C@@H](NC(=O)[C@@H]2C[C@@H](F)CN2C(=O)CN2NNN=C2C(F)(F)F)c2ccccc2)cc1F. The van der Waals surface area contributed by atoms with E-state index in [0.717, 1.165) is 4.90 Å². The molecule has 0 spiro atoms. The van der Waals surface area contributed by atoms with E-state index < -0.39 is 61.0 Å². The number of benzene rings is 2. The first-order chi connectivity index (χ1) is 18.0. The number of carbonyl (C=O) groups is 2. The van der Waals surface area contributed by atoms with E-state index in [1.165, 1.54) is 6.07 Å². The first kappa shape index (κ1) is 27.3. The zero-order valence-electron chi connectivity index (χ0n) is 20.6. The molecule has 13 heteroatoms. The molecule has 0 bridgehead atoms. The Hall–Kier alpha value is -3.74. The number of nitrogens with zero attached hydrogens (tertiary/aromatic N) is 3. The Morgan fingerprint density at radius 1 is 1.13 bits per heavy atom. The lowest BCUT2D eigenvalue weighted by atomic mass is 9.94. The summed E-state index contributed by atoms with van der Waals surface area (Å²) in [7, 11) is 0. The normalized spacial score (nSPS) is 20.4. The van der Waals surface area contributed by atoms with Crippen molar-refractivity contribution in [3.05, 3.63) is 71.0 Å². The number of hydrogen-bond donors (Lipinski definition) is 3. The summed E-state index contributed by atoms with van der Waals surface area (Å²) < 4.78 is 68.7. The second-order valence-electron chi connectivity index (χ2n) is 9.43. The van der Waals surface area contributed by atoms with Crippen molar-refractivity contribution in [2.45, 2.75) is 50.6 Å². The van der Waals surface area contributed by atoms with Crippen LogP contribution in [0.25, 0.3) is 0 Å². The van der Waals surface area contributed by atoms with Crippen LogP contribution in [-0.2, 0) is 9.59 Å². The molecule has 38 heavy (non-hydrogen) atoms. The monoisotopic (exact) mass is 538 g/mol. The Balaban J connectivity index is 1.55. The number of halogens is 5. The minimum absolute atomic E-state index is 0.0587. The molecule has 2 aromatic carbocycles. The van der Waals surface area contributed by atoms with Gasteiger partial charge in [0, 0.05) is 6.42 Å². The molecule has 0 aliphatic carbocycles. The van der Waals surface area contributed by atoms with E-state index in [9.17, 15) is 31.5 Å². The summed E-state index contributed by atoms with van der Waals surface area (Å²) in [6.45, 7) is 2.41. The van der Waals surface area contributed by atoms with Crippen molar-refractivity contribution in [1.29, 1.82) is 0 Å². The molecule has 204 valence electrons. The van der Waals surface area contributed by atoms with Gasteiger partial charge in [-0.05, 0) is 28.7 Å². The number of likely N-dealkylation sites (tertiary alicyclic amines) is 1. The number of nitrogens with one attached hydrogen (secondary N) is 3. The fourth-order valence-electron chi connectivity index (χ4n) is 4.55. The van der Waals surface area contributed by atoms with Gasteiger partial charge in [0.25, 0.3) is 0 Å². The Kier molecular flexibility index (Phi) is 7.86. The van der Waals surface area contributed by atoms with Crippen molar-refractivity contribution in [2.24, 2.45) is 5.10 Å². The Labute approximate surface area is 215 Å². The van der Waals surface area contributed by atoms with Crippen LogP contribution in [0.1, 0.15) is 48.9 Å². The largest absolute Gasteiger partial charge is 0.452 e. The lowest BCUT2D eigenvalue weighted by Crippen LogP contribution is -2.54. The van der Waals surface area contributed by atoms with Gasteiger partial charge >= 0.3 is 6.18 Å². The number of alkyl halides is 4. The first-order valence-corrected chi connectivity index (χ1v) is 12.0. The molecule has 2 aliphatic heterocycles. The quantitative estimate of drug-likeness (QED) is 0.471. The predicted molar refractivity (Wildman–Crippen MR) is 128 cm³/mol. The number of hydrazine groups is 2. The van der Waals surface area contributed by atoms with Gasteiger partial charge in [0.1, 0.15) is 24.6 Å². The van der Waals surface area contributed by atoms with E-state index in [0.29, 0.717) is 21.7 Å². The van der Waals surface area contributed by atoms with Crippen LogP contribution in [-0.4, -0.2) is 59.0 Å². The summed E-state index contributed by atoms with van der Waals surface area (Å²) >= 11 is 0. The molecule has 1 fully saturated rings. The van der Waals surface area contributed by atoms with Crippen LogP contribution in [0.15, 0.2) is 53.6 Å². The maximum atomic E-state index is 14.8. The Bertz CT molecular complexity index is 1210. The van der Waals surface area contributed by atoms with Crippen molar-refractivity contribution in [3.63, 3.8) is 0 Å². The third-order valence-electron chi connectivity index (χ3n) is 6.42. The highest BCUT2D eigenvalue weighted by atomic mass is 19.4. The van der Waals surface area contributed by atoms with E-state index in [1.807, 2.05) is 19.4 Å². The number of carbonyl (C=O) groups excluding carboxylic acids is 2. The van der Waals surface area contributed by atoms with E-state index in [-0.39, 0.29) is 12.3 Å². The van der Waals surface area contributed by atoms with Gasteiger partial charge in [0.05, 0.1) is 12.6 Å². The molecule has 0 saturated carbocycles. The van der Waals surface area contributed by atoms with Gasteiger partial charge in [-0.1, -0.05) is 56.3 Å². The van der Waals surface area contributed by atoms with E-state index in [1.54, 1.807) is 42.5 Å². The van der Waals surface area contributed by atoms with Gasteiger partial charge in [-0.3, -0.25) is 14.6 Å². The molecule has 0 radical (unpaired) electrons. The van der Waals surface area contributed by atoms with E-state index in [4.69, 9.17) is 0 Å². The van der Waals surface area contributed by atoms with Crippen molar-refractivity contribution in [2.75, 3.05) is 13.1 Å². The third kappa shape index (κ3) is 5.87. The molecule has 3 N–H and O–H groups in total. The maximum absolute atomic E-state index is 14.8. The summed E-state index contributed by atoms with van der Waals surface area (Å²) in [4.78, 5) is 27.2. The highest BCUT2D eigenvalue weighted by Crippen LogP contribution is 2.29. The highest BCUT2D eigenvalue weighted by molar-refractivity contribution is 5.93. The molecule has 3 atom stereocenters. The van der Waals surface area contributed by atoms with Crippen molar-refractivity contribution < 1.29 is 31.5 Å². The lowest BCUT2D eigenvalue weighted by Gasteiger charge is -2.29. The Morgan fingerprint density at radius 2 is 1.84 bits per heavy atom. The average Bonchev–Trinajstić information content (AvgIpc) is 3.49. The van der Waals surface area contributed by atoms with Crippen LogP contribution in [0.5, 0.6) is 0 Å². The van der Waals surface area contributed by atoms with E-state index >= 15 is 0 Å². The predicted octanol–water partition coefficient (Wildman–Crippen LogP) is 3.29. The molecule has 2 heterocycles. The lowest BCUT2D eigenvalue weighted by molar-refractivity contribution is -0.139. The van der Waals surface area contributed by atoms with Crippen molar-refractivity contribution in [1.82, 2.24) is 26.3 Å². The summed E-state index contributed by atoms with van der Waals surface area (Å²) in [5.41, 5.74) is 5.61. The highest BCUT2D eigenvalue weighted by Gasteiger charge is 2.46. The molecule has 0 unspecified atom stereocenters. The molecule has 2 aliphatic rings. The van der Waals surface area contributed by atoms with Crippen LogP contribution >= 0.6 is 0 Å². The minimum atomic E-state index is -4.84. The molecule has 8 nitrogen and oxygen atoms in total. The summed E-state index contributed by atoms with van der Waals surface area (Å²) in [5.74, 6) is -3.49. The maximum Gasteiger partial charge on any atom is 0.452 e. The molecular formula is C25H27F5N6O2. The fourth-order valence-corrected chi connectivity index (χ4v) is 4.55. The van der Waals surface area contributed by atoms with Crippen LogP contribution in [0, 0.1) is 5.82 Å².